The van der Waals surface area contributed by atoms with E-state index in [1.54, 1.807) is 22.8 Å². The van der Waals surface area contributed by atoms with E-state index in [0.29, 0.717) is 45.0 Å². The molecule has 7 nitrogen and oxygen atoms in total. The molecule has 30 heavy (non-hydrogen) atoms. The molecule has 2 amide bonds. The minimum atomic E-state index is -0.389. The van der Waals surface area contributed by atoms with Crippen molar-refractivity contribution < 1.29 is 14.3 Å². The van der Waals surface area contributed by atoms with E-state index < -0.39 is 0 Å². The highest BCUT2D eigenvalue weighted by Gasteiger charge is 2.27. The molecule has 0 unspecified atom stereocenters. The Labute approximate surface area is 180 Å². The predicted octanol–water partition coefficient (Wildman–Crippen LogP) is 1.52. The number of aromatic nitrogens is 1. The van der Waals surface area contributed by atoms with Crippen LogP contribution in [0.25, 0.3) is 0 Å². The maximum Gasteiger partial charge on any atom is 0.264 e. The van der Waals surface area contributed by atoms with Crippen molar-refractivity contribution in [2.75, 3.05) is 38.8 Å². The fourth-order valence-electron chi connectivity index (χ4n) is 3.63. The lowest BCUT2D eigenvalue weighted by Crippen LogP contribution is -2.42. The van der Waals surface area contributed by atoms with E-state index in [2.05, 4.69) is 5.32 Å². The summed E-state index contributed by atoms with van der Waals surface area (Å²) in [7, 11) is 1.56. The van der Waals surface area contributed by atoms with Crippen LogP contribution in [0.1, 0.15) is 27.0 Å². The van der Waals surface area contributed by atoms with Gasteiger partial charge in [0.05, 0.1) is 18.9 Å². The van der Waals surface area contributed by atoms with Crippen LogP contribution in [0.5, 0.6) is 0 Å². The summed E-state index contributed by atoms with van der Waals surface area (Å²) >= 11 is 1.49. The standard InChI is InChI=1S/C22H27N3O4S/c1-29-11-9-23-21(27)20-18-8-10-24(19(26)15-30-2)13-17(18)14-25(22(20)28)12-16-6-4-3-5-7-16/h3-7,14H,8-13,15H2,1-2H3,(H,23,27). The predicted molar refractivity (Wildman–Crippen MR) is 118 cm³/mol. The van der Waals surface area contributed by atoms with Gasteiger partial charge >= 0.3 is 0 Å². The number of nitrogens with zero attached hydrogens (tertiary/aromatic N) is 2. The summed E-state index contributed by atoms with van der Waals surface area (Å²) in [5.41, 5.74) is 2.43. The first-order valence-electron chi connectivity index (χ1n) is 9.88. The lowest BCUT2D eigenvalue weighted by atomic mass is 9.96. The summed E-state index contributed by atoms with van der Waals surface area (Å²) in [4.78, 5) is 40.3. The zero-order valence-corrected chi connectivity index (χ0v) is 18.2. The fourth-order valence-corrected chi connectivity index (χ4v) is 4.06. The van der Waals surface area contributed by atoms with Crippen LogP contribution >= 0.6 is 11.8 Å². The van der Waals surface area contributed by atoms with Crippen molar-refractivity contribution >= 4 is 23.6 Å². The molecule has 0 aliphatic carbocycles. The first-order chi connectivity index (χ1) is 14.5. The van der Waals surface area contributed by atoms with E-state index >= 15 is 0 Å². The molecule has 0 fully saturated rings. The summed E-state index contributed by atoms with van der Waals surface area (Å²) in [5.74, 6) is 0.100. The van der Waals surface area contributed by atoms with Gasteiger partial charge in [0.1, 0.15) is 5.56 Å². The highest BCUT2D eigenvalue weighted by molar-refractivity contribution is 7.99. The first-order valence-corrected chi connectivity index (χ1v) is 11.3. The van der Waals surface area contributed by atoms with Crippen LogP contribution in [-0.2, 0) is 29.0 Å². The SMILES string of the molecule is COCCNC(=O)c1c2c(cn(Cc3ccccc3)c1=O)CN(C(=O)CSC)CC2. The average Bonchev–Trinajstić information content (AvgIpc) is 2.75. The van der Waals surface area contributed by atoms with Gasteiger partial charge in [0, 0.05) is 32.9 Å². The molecule has 1 aromatic heterocycles. The minimum Gasteiger partial charge on any atom is -0.383 e. The highest BCUT2D eigenvalue weighted by atomic mass is 32.2. The van der Waals surface area contributed by atoms with Gasteiger partial charge in [0.25, 0.3) is 11.5 Å². The van der Waals surface area contributed by atoms with E-state index in [4.69, 9.17) is 4.74 Å². The Kier molecular flexibility index (Phi) is 7.70. The molecule has 2 heterocycles. The number of carbonyl (C=O) groups excluding carboxylic acids is 2. The van der Waals surface area contributed by atoms with Crippen LogP contribution < -0.4 is 10.9 Å². The van der Waals surface area contributed by atoms with E-state index in [0.717, 1.165) is 16.7 Å². The van der Waals surface area contributed by atoms with Gasteiger partial charge in [-0.1, -0.05) is 30.3 Å². The van der Waals surface area contributed by atoms with Gasteiger partial charge in [0.15, 0.2) is 0 Å². The zero-order chi connectivity index (χ0) is 21.5. The summed E-state index contributed by atoms with van der Waals surface area (Å²) in [6.07, 6.45) is 4.19. The van der Waals surface area contributed by atoms with E-state index in [9.17, 15) is 14.4 Å². The molecule has 2 aromatic rings. The lowest BCUT2D eigenvalue weighted by molar-refractivity contribution is -0.129. The van der Waals surface area contributed by atoms with Crippen molar-refractivity contribution in [2.24, 2.45) is 0 Å². The molecule has 1 aromatic carbocycles. The summed E-state index contributed by atoms with van der Waals surface area (Å²) in [5, 5.41) is 2.78. The number of pyridine rings is 1. The third-order valence-corrected chi connectivity index (χ3v) is 5.64. The van der Waals surface area contributed by atoms with Gasteiger partial charge in [-0.15, -0.1) is 0 Å². The van der Waals surface area contributed by atoms with Crippen LogP contribution in [0, 0.1) is 0 Å². The van der Waals surface area contributed by atoms with Gasteiger partial charge in [-0.05, 0) is 29.4 Å². The number of amides is 2. The molecule has 1 N–H and O–H groups in total. The second kappa shape index (κ2) is 10.4. The number of rotatable bonds is 8. The third kappa shape index (κ3) is 5.12. The maximum absolute atomic E-state index is 13.2. The molecule has 0 spiro atoms. The molecule has 0 atom stereocenters. The highest BCUT2D eigenvalue weighted by Crippen LogP contribution is 2.22. The molecular formula is C22H27N3O4S. The minimum absolute atomic E-state index is 0.0695. The van der Waals surface area contributed by atoms with Crippen LogP contribution in [0.15, 0.2) is 41.3 Å². The summed E-state index contributed by atoms with van der Waals surface area (Å²) in [6.45, 7) is 1.98. The van der Waals surface area contributed by atoms with E-state index in [-0.39, 0.29) is 22.9 Å². The van der Waals surface area contributed by atoms with Crippen molar-refractivity contribution in [3.63, 3.8) is 0 Å². The van der Waals surface area contributed by atoms with E-state index in [1.807, 2.05) is 36.6 Å². The second-order valence-electron chi connectivity index (χ2n) is 7.17. The van der Waals surface area contributed by atoms with Gasteiger partial charge in [0.2, 0.25) is 5.91 Å². The van der Waals surface area contributed by atoms with Crippen LogP contribution in [0.3, 0.4) is 0 Å². The molecule has 0 bridgehead atoms. The Balaban J connectivity index is 1.99. The largest absolute Gasteiger partial charge is 0.383 e. The van der Waals surface area contributed by atoms with Gasteiger partial charge in [-0.25, -0.2) is 0 Å². The molecule has 8 heteroatoms. The van der Waals surface area contributed by atoms with Crippen molar-refractivity contribution in [2.45, 2.75) is 19.5 Å². The van der Waals surface area contributed by atoms with Gasteiger partial charge in [-0.3, -0.25) is 14.4 Å². The molecular weight excluding hydrogens is 402 g/mol. The summed E-state index contributed by atoms with van der Waals surface area (Å²) < 4.78 is 6.56. The zero-order valence-electron chi connectivity index (χ0n) is 17.3. The van der Waals surface area contributed by atoms with E-state index in [1.165, 1.54) is 11.8 Å². The smallest absolute Gasteiger partial charge is 0.264 e. The topological polar surface area (TPSA) is 80.6 Å². The fraction of sp³-hybridized carbons (Fsp3) is 0.409. The molecule has 3 rings (SSSR count). The van der Waals surface area contributed by atoms with Crippen molar-refractivity contribution in [3.05, 3.63) is 69.1 Å². The lowest BCUT2D eigenvalue weighted by Gasteiger charge is -2.30. The molecule has 0 radical (unpaired) electrons. The normalized spacial score (nSPS) is 13.1. The Morgan fingerprint density at radius 1 is 1.23 bits per heavy atom. The Hall–Kier alpha value is -2.58. The van der Waals surface area contributed by atoms with Crippen molar-refractivity contribution in [1.29, 1.82) is 0 Å². The Morgan fingerprint density at radius 3 is 2.70 bits per heavy atom. The first kappa shape index (κ1) is 22.1. The van der Waals surface area contributed by atoms with Crippen LogP contribution in [-0.4, -0.2) is 60.1 Å². The average molecular weight is 430 g/mol. The second-order valence-corrected chi connectivity index (χ2v) is 8.04. The van der Waals surface area contributed by atoms with Crippen molar-refractivity contribution in [3.8, 4) is 0 Å². The Bertz CT molecular complexity index is 959. The van der Waals surface area contributed by atoms with Gasteiger partial charge in [-0.2, -0.15) is 11.8 Å². The number of methoxy groups -OCH3 is 1. The molecule has 1 aliphatic rings. The number of benzene rings is 1. The Morgan fingerprint density at radius 2 is 2.00 bits per heavy atom. The number of nitrogens with one attached hydrogen (secondary N) is 1. The van der Waals surface area contributed by atoms with Crippen molar-refractivity contribution in [1.82, 2.24) is 14.8 Å². The molecule has 160 valence electrons. The quantitative estimate of drug-likeness (QED) is 0.644. The maximum atomic E-state index is 13.2. The van der Waals surface area contributed by atoms with Crippen LogP contribution in [0.2, 0.25) is 0 Å². The number of ether oxygens (including phenoxy) is 1. The number of carbonyl (C=O) groups is 2. The number of fused-ring (bicyclic) bond motifs is 1. The van der Waals surface area contributed by atoms with Gasteiger partial charge < -0.3 is 19.5 Å². The number of hydrogen-bond donors (Lipinski definition) is 1. The summed E-state index contributed by atoms with van der Waals surface area (Å²) in [6, 6.07) is 9.64. The molecule has 0 saturated carbocycles. The molecule has 0 saturated heterocycles. The molecule has 1 aliphatic heterocycles. The number of thioether (sulfide) groups is 1. The third-order valence-electron chi connectivity index (χ3n) is 5.10. The van der Waals surface area contributed by atoms with Crippen LogP contribution in [0.4, 0.5) is 0 Å². The number of hydrogen-bond acceptors (Lipinski definition) is 5. The monoisotopic (exact) mass is 429 g/mol.